The topological polar surface area (TPSA) is 63.4 Å². The highest BCUT2D eigenvalue weighted by Crippen LogP contribution is 2.34. The maximum absolute atomic E-state index is 12.9. The monoisotopic (exact) mass is 302 g/mol. The first-order valence-electron chi connectivity index (χ1n) is 6.88. The average molecular weight is 302 g/mol. The summed E-state index contributed by atoms with van der Waals surface area (Å²) in [5, 5.41) is 0. The fraction of sp³-hybridized carbons (Fsp3) is 0.250. The largest absolute Gasteiger partial charge is 0.399 e. The lowest BCUT2D eigenvalue weighted by Gasteiger charge is -2.20. The van der Waals surface area contributed by atoms with E-state index in [2.05, 4.69) is 0 Å². The van der Waals surface area contributed by atoms with Crippen LogP contribution in [0, 0.1) is 13.8 Å². The third-order valence-electron chi connectivity index (χ3n) is 4.03. The third-order valence-corrected chi connectivity index (χ3v) is 5.84. The molecule has 0 fully saturated rings. The Bertz CT molecular complexity index is 813. The first-order valence-corrected chi connectivity index (χ1v) is 8.32. The number of hydrogen-bond acceptors (Lipinski definition) is 3. The molecule has 0 saturated carbocycles. The Morgan fingerprint density at radius 3 is 2.52 bits per heavy atom. The van der Waals surface area contributed by atoms with E-state index in [1.54, 1.807) is 18.2 Å². The minimum absolute atomic E-state index is 0.334. The van der Waals surface area contributed by atoms with Crippen molar-refractivity contribution < 1.29 is 8.42 Å². The Kier molecular flexibility index (Phi) is 3.17. The maximum atomic E-state index is 12.9. The fourth-order valence-corrected chi connectivity index (χ4v) is 4.20. The van der Waals surface area contributed by atoms with Crippen LogP contribution in [0.3, 0.4) is 0 Å². The molecule has 2 aromatic carbocycles. The van der Waals surface area contributed by atoms with Gasteiger partial charge >= 0.3 is 0 Å². The SMILES string of the molecule is Cc1ccc(S(=O)(=O)N2CCc3ccc(N)cc32)cc1C. The smallest absolute Gasteiger partial charge is 0.264 e. The second-order valence-corrected chi connectivity index (χ2v) is 7.32. The van der Waals surface area contributed by atoms with Gasteiger partial charge in [0.1, 0.15) is 0 Å². The zero-order valence-corrected chi connectivity index (χ0v) is 12.9. The summed E-state index contributed by atoms with van der Waals surface area (Å²) in [6.45, 7) is 4.36. The van der Waals surface area contributed by atoms with Gasteiger partial charge in [-0.2, -0.15) is 0 Å². The van der Waals surface area contributed by atoms with E-state index in [0.717, 1.165) is 23.1 Å². The number of hydrogen-bond donors (Lipinski definition) is 1. The molecule has 1 aliphatic rings. The van der Waals surface area contributed by atoms with Crippen molar-refractivity contribution in [1.82, 2.24) is 0 Å². The van der Waals surface area contributed by atoms with Crippen molar-refractivity contribution in [3.8, 4) is 0 Å². The standard InChI is InChI=1S/C16H18N2O2S/c1-11-3-6-15(9-12(11)2)21(19,20)18-8-7-13-4-5-14(17)10-16(13)18/h3-6,9-10H,7-8,17H2,1-2H3. The Morgan fingerprint density at radius 2 is 1.81 bits per heavy atom. The van der Waals surface area contributed by atoms with Gasteiger partial charge in [0.05, 0.1) is 10.6 Å². The summed E-state index contributed by atoms with van der Waals surface area (Å²) in [4.78, 5) is 0.334. The molecule has 0 saturated heterocycles. The van der Waals surface area contributed by atoms with Gasteiger partial charge in [-0.1, -0.05) is 12.1 Å². The van der Waals surface area contributed by atoms with Crippen molar-refractivity contribution >= 4 is 21.4 Å². The molecule has 21 heavy (non-hydrogen) atoms. The minimum Gasteiger partial charge on any atom is -0.399 e. The van der Waals surface area contributed by atoms with E-state index in [4.69, 9.17) is 5.73 Å². The van der Waals surface area contributed by atoms with Crippen LogP contribution in [0.25, 0.3) is 0 Å². The molecule has 2 aromatic rings. The van der Waals surface area contributed by atoms with Crippen molar-refractivity contribution in [3.05, 3.63) is 53.1 Å². The van der Waals surface area contributed by atoms with Gasteiger partial charge in [-0.25, -0.2) is 8.42 Å². The molecule has 0 spiro atoms. The van der Waals surface area contributed by atoms with E-state index >= 15 is 0 Å². The summed E-state index contributed by atoms with van der Waals surface area (Å²) in [6.07, 6.45) is 0.722. The van der Waals surface area contributed by atoms with E-state index in [0.29, 0.717) is 22.8 Å². The van der Waals surface area contributed by atoms with Gasteiger partial charge in [-0.15, -0.1) is 0 Å². The number of sulfonamides is 1. The van der Waals surface area contributed by atoms with E-state index in [-0.39, 0.29) is 0 Å². The highest BCUT2D eigenvalue weighted by atomic mass is 32.2. The normalized spacial score (nSPS) is 14.3. The summed E-state index contributed by atoms with van der Waals surface area (Å²) in [7, 11) is -3.53. The molecule has 0 radical (unpaired) electrons. The van der Waals surface area contributed by atoms with Crippen molar-refractivity contribution in [1.29, 1.82) is 0 Å². The van der Waals surface area contributed by atoms with Crippen LogP contribution in [0.1, 0.15) is 16.7 Å². The third kappa shape index (κ3) is 2.27. The van der Waals surface area contributed by atoms with Crippen molar-refractivity contribution in [2.45, 2.75) is 25.2 Å². The van der Waals surface area contributed by atoms with Crippen LogP contribution in [0.5, 0.6) is 0 Å². The molecule has 5 heteroatoms. The van der Waals surface area contributed by atoms with Crippen molar-refractivity contribution in [3.63, 3.8) is 0 Å². The van der Waals surface area contributed by atoms with Crippen LogP contribution in [0.15, 0.2) is 41.3 Å². The Balaban J connectivity index is 2.09. The zero-order chi connectivity index (χ0) is 15.2. The van der Waals surface area contributed by atoms with Gasteiger partial charge in [0.15, 0.2) is 0 Å². The van der Waals surface area contributed by atoms with Gasteiger partial charge in [-0.3, -0.25) is 4.31 Å². The van der Waals surface area contributed by atoms with Gasteiger partial charge in [0.25, 0.3) is 10.0 Å². The van der Waals surface area contributed by atoms with Gasteiger partial charge in [-0.05, 0) is 61.2 Å². The van der Waals surface area contributed by atoms with Gasteiger partial charge < -0.3 is 5.73 Å². The zero-order valence-electron chi connectivity index (χ0n) is 12.1. The van der Waals surface area contributed by atoms with E-state index in [1.807, 2.05) is 32.0 Å². The molecule has 4 nitrogen and oxygen atoms in total. The van der Waals surface area contributed by atoms with Gasteiger partial charge in [0.2, 0.25) is 0 Å². The van der Waals surface area contributed by atoms with Crippen LogP contribution in [0.2, 0.25) is 0 Å². The maximum Gasteiger partial charge on any atom is 0.264 e. The number of rotatable bonds is 2. The van der Waals surface area contributed by atoms with Crippen molar-refractivity contribution in [2.24, 2.45) is 0 Å². The molecule has 0 aliphatic carbocycles. The lowest BCUT2D eigenvalue weighted by Crippen LogP contribution is -2.29. The average Bonchev–Trinajstić information content (AvgIpc) is 2.85. The lowest BCUT2D eigenvalue weighted by atomic mass is 10.1. The van der Waals surface area contributed by atoms with Gasteiger partial charge in [0, 0.05) is 12.2 Å². The van der Waals surface area contributed by atoms with E-state index < -0.39 is 10.0 Å². The predicted molar refractivity (Wildman–Crippen MR) is 85.0 cm³/mol. The van der Waals surface area contributed by atoms with E-state index in [1.165, 1.54) is 4.31 Å². The Labute approximate surface area is 125 Å². The highest BCUT2D eigenvalue weighted by molar-refractivity contribution is 7.92. The second-order valence-electron chi connectivity index (χ2n) is 5.46. The molecule has 3 rings (SSSR count). The Morgan fingerprint density at radius 1 is 1.05 bits per heavy atom. The summed E-state index contributed by atoms with van der Waals surface area (Å²) in [5.41, 5.74) is 10.2. The quantitative estimate of drug-likeness (QED) is 0.867. The van der Waals surface area contributed by atoms with Crippen LogP contribution in [-0.2, 0) is 16.4 Å². The Hall–Kier alpha value is -2.01. The number of nitrogen functional groups attached to an aromatic ring is 1. The number of aryl methyl sites for hydroxylation is 2. The molecule has 0 bridgehead atoms. The molecular formula is C16H18N2O2S. The number of benzene rings is 2. The molecule has 0 unspecified atom stereocenters. The summed E-state index contributed by atoms with van der Waals surface area (Å²) in [5.74, 6) is 0. The second kappa shape index (κ2) is 4.77. The molecule has 0 atom stereocenters. The molecule has 1 heterocycles. The highest BCUT2D eigenvalue weighted by Gasteiger charge is 2.31. The summed E-state index contributed by atoms with van der Waals surface area (Å²) >= 11 is 0. The first-order chi connectivity index (χ1) is 9.89. The molecular weight excluding hydrogens is 284 g/mol. The summed E-state index contributed by atoms with van der Waals surface area (Å²) < 4.78 is 27.2. The molecule has 110 valence electrons. The predicted octanol–water partition coefficient (Wildman–Crippen LogP) is 2.64. The molecule has 1 aliphatic heterocycles. The number of nitrogens with zero attached hydrogens (tertiary/aromatic N) is 1. The first kappa shape index (κ1) is 13.9. The lowest BCUT2D eigenvalue weighted by molar-refractivity contribution is 0.592. The fourth-order valence-electron chi connectivity index (χ4n) is 2.62. The van der Waals surface area contributed by atoms with Crippen LogP contribution in [0.4, 0.5) is 11.4 Å². The number of anilines is 2. The molecule has 0 amide bonds. The van der Waals surface area contributed by atoms with Crippen LogP contribution in [-0.4, -0.2) is 15.0 Å². The number of nitrogens with two attached hydrogens (primary N) is 1. The van der Waals surface area contributed by atoms with Crippen LogP contribution >= 0.6 is 0 Å². The molecule has 0 aromatic heterocycles. The van der Waals surface area contributed by atoms with Crippen molar-refractivity contribution in [2.75, 3.05) is 16.6 Å². The molecule has 2 N–H and O–H groups in total. The summed E-state index contributed by atoms with van der Waals surface area (Å²) in [6, 6.07) is 10.7. The van der Waals surface area contributed by atoms with Crippen LogP contribution < -0.4 is 10.0 Å². The minimum atomic E-state index is -3.53. The van der Waals surface area contributed by atoms with E-state index in [9.17, 15) is 8.42 Å². The number of fused-ring (bicyclic) bond motifs is 1.